The average molecular weight is 394 g/mol. The molecule has 1 aliphatic heterocycles. The third kappa shape index (κ3) is 3.10. The minimum Gasteiger partial charge on any atom is -0.481 e. The first-order chi connectivity index (χ1) is 11.4. The lowest BCUT2D eigenvalue weighted by molar-refractivity contribution is -0.150. The lowest BCUT2D eigenvalue weighted by atomic mass is 9.76. The van der Waals surface area contributed by atoms with Crippen LogP contribution in [0.5, 0.6) is 0 Å². The number of carboxylic acid groups (broad SMARTS) is 1. The number of carboxylic acids is 1. The molecule has 1 amide bonds. The topological polar surface area (TPSA) is 57.6 Å². The largest absolute Gasteiger partial charge is 0.481 e. The van der Waals surface area contributed by atoms with Crippen molar-refractivity contribution in [1.29, 1.82) is 0 Å². The van der Waals surface area contributed by atoms with Crippen molar-refractivity contribution in [2.75, 3.05) is 13.1 Å². The molecule has 1 saturated heterocycles. The van der Waals surface area contributed by atoms with Gasteiger partial charge in [-0.3, -0.25) is 9.59 Å². The van der Waals surface area contributed by atoms with E-state index in [-0.39, 0.29) is 17.7 Å². The zero-order valence-electron chi connectivity index (χ0n) is 14.0. The van der Waals surface area contributed by atoms with E-state index >= 15 is 0 Å². The summed E-state index contributed by atoms with van der Waals surface area (Å²) >= 11 is 3.46. The molecule has 1 N–H and O–H groups in total. The van der Waals surface area contributed by atoms with Crippen LogP contribution >= 0.6 is 15.9 Å². The molecule has 4 nitrogen and oxygen atoms in total. The Morgan fingerprint density at radius 3 is 2.38 bits per heavy atom. The number of carbonyl (C=O) groups is 2. The fourth-order valence-corrected chi connectivity index (χ4v) is 4.64. The SMILES string of the molecule is CC1CN(C(=O)C2(c3ccc(Br)cc3)CCCC2)CCC1C(=O)O. The third-order valence-electron chi connectivity index (χ3n) is 5.77. The van der Waals surface area contributed by atoms with Gasteiger partial charge in [0.2, 0.25) is 5.91 Å². The highest BCUT2D eigenvalue weighted by Crippen LogP contribution is 2.43. The quantitative estimate of drug-likeness (QED) is 0.848. The second-order valence-electron chi connectivity index (χ2n) is 7.26. The van der Waals surface area contributed by atoms with Crippen molar-refractivity contribution in [2.24, 2.45) is 11.8 Å². The molecule has 24 heavy (non-hydrogen) atoms. The Balaban J connectivity index is 1.83. The highest BCUT2D eigenvalue weighted by Gasteiger charge is 2.46. The minimum atomic E-state index is -0.738. The van der Waals surface area contributed by atoms with Crippen molar-refractivity contribution in [3.63, 3.8) is 0 Å². The number of halogens is 1. The van der Waals surface area contributed by atoms with Crippen molar-refractivity contribution in [2.45, 2.75) is 44.4 Å². The maximum atomic E-state index is 13.4. The molecule has 0 spiro atoms. The van der Waals surface area contributed by atoms with Crippen LogP contribution in [-0.2, 0) is 15.0 Å². The lowest BCUT2D eigenvalue weighted by Crippen LogP contribution is -2.51. The fraction of sp³-hybridized carbons (Fsp3) is 0.579. The molecule has 2 atom stereocenters. The first-order valence-electron chi connectivity index (χ1n) is 8.72. The van der Waals surface area contributed by atoms with Crippen LogP contribution in [0.3, 0.4) is 0 Å². The number of hydrogen-bond donors (Lipinski definition) is 1. The van der Waals surface area contributed by atoms with Gasteiger partial charge in [-0.2, -0.15) is 0 Å². The molecule has 130 valence electrons. The Hall–Kier alpha value is -1.36. The van der Waals surface area contributed by atoms with Gasteiger partial charge >= 0.3 is 5.97 Å². The Morgan fingerprint density at radius 1 is 1.21 bits per heavy atom. The van der Waals surface area contributed by atoms with Gasteiger partial charge in [0.25, 0.3) is 0 Å². The molecule has 3 rings (SSSR count). The van der Waals surface area contributed by atoms with E-state index in [2.05, 4.69) is 28.1 Å². The molecule has 1 saturated carbocycles. The first-order valence-corrected chi connectivity index (χ1v) is 9.51. The molecule has 0 bridgehead atoms. The summed E-state index contributed by atoms with van der Waals surface area (Å²) in [4.78, 5) is 26.6. The third-order valence-corrected chi connectivity index (χ3v) is 6.30. The van der Waals surface area contributed by atoms with Gasteiger partial charge in [-0.05, 0) is 42.9 Å². The second-order valence-corrected chi connectivity index (χ2v) is 8.17. The summed E-state index contributed by atoms with van der Waals surface area (Å²) in [5, 5.41) is 9.29. The number of benzene rings is 1. The van der Waals surface area contributed by atoms with Crippen molar-refractivity contribution in [1.82, 2.24) is 4.90 Å². The zero-order valence-corrected chi connectivity index (χ0v) is 15.6. The molecule has 2 unspecified atom stereocenters. The number of nitrogens with zero attached hydrogens (tertiary/aromatic N) is 1. The van der Waals surface area contributed by atoms with Gasteiger partial charge in [-0.25, -0.2) is 0 Å². The molecule has 2 fully saturated rings. The summed E-state index contributed by atoms with van der Waals surface area (Å²) < 4.78 is 1.02. The maximum absolute atomic E-state index is 13.4. The molecule has 1 aromatic rings. The lowest BCUT2D eigenvalue weighted by Gasteiger charge is -2.40. The van der Waals surface area contributed by atoms with Gasteiger partial charge in [0.05, 0.1) is 11.3 Å². The van der Waals surface area contributed by atoms with Crippen molar-refractivity contribution < 1.29 is 14.7 Å². The Bertz CT molecular complexity index is 622. The zero-order chi connectivity index (χ0) is 17.3. The number of likely N-dealkylation sites (tertiary alicyclic amines) is 1. The Labute approximate surface area is 151 Å². The van der Waals surface area contributed by atoms with Gasteiger partial charge in [-0.1, -0.05) is 47.8 Å². The number of hydrogen-bond acceptors (Lipinski definition) is 2. The van der Waals surface area contributed by atoms with E-state index in [1.54, 1.807) is 0 Å². The monoisotopic (exact) mass is 393 g/mol. The van der Waals surface area contributed by atoms with E-state index in [0.717, 1.165) is 35.7 Å². The molecule has 0 radical (unpaired) electrons. The predicted octanol–water partition coefficient (Wildman–Crippen LogP) is 3.83. The fourth-order valence-electron chi connectivity index (χ4n) is 4.37. The standard InChI is InChI=1S/C19H24BrNO3/c1-13-12-21(11-8-16(13)17(22)23)18(24)19(9-2-3-10-19)14-4-6-15(20)7-5-14/h4-7,13,16H,2-3,8-12H2,1H3,(H,22,23). The minimum absolute atomic E-state index is 0.00331. The summed E-state index contributed by atoms with van der Waals surface area (Å²) in [5.41, 5.74) is 0.678. The van der Waals surface area contributed by atoms with E-state index in [1.807, 2.05) is 24.0 Å². The Kier molecular flexibility index (Phi) is 5.00. The van der Waals surface area contributed by atoms with Crippen LogP contribution in [0.15, 0.2) is 28.7 Å². The van der Waals surface area contributed by atoms with Crippen LogP contribution in [0.2, 0.25) is 0 Å². The number of amides is 1. The summed E-state index contributed by atoms with van der Waals surface area (Å²) in [6.07, 6.45) is 4.48. The van der Waals surface area contributed by atoms with Crippen LogP contribution in [-0.4, -0.2) is 35.0 Å². The van der Waals surface area contributed by atoms with Crippen molar-refractivity contribution >= 4 is 27.8 Å². The van der Waals surface area contributed by atoms with Crippen LogP contribution in [0.4, 0.5) is 0 Å². The molecule has 1 aliphatic carbocycles. The van der Waals surface area contributed by atoms with Crippen LogP contribution in [0, 0.1) is 11.8 Å². The van der Waals surface area contributed by atoms with Crippen LogP contribution < -0.4 is 0 Å². The predicted molar refractivity (Wildman–Crippen MR) is 95.8 cm³/mol. The summed E-state index contributed by atoms with van der Waals surface area (Å²) in [5.74, 6) is -0.874. The molecule has 0 aromatic heterocycles. The van der Waals surface area contributed by atoms with E-state index in [9.17, 15) is 14.7 Å². The number of carbonyl (C=O) groups excluding carboxylic acids is 1. The van der Waals surface area contributed by atoms with Gasteiger partial charge in [0.1, 0.15) is 0 Å². The van der Waals surface area contributed by atoms with Crippen molar-refractivity contribution in [3.05, 3.63) is 34.3 Å². The van der Waals surface area contributed by atoms with E-state index < -0.39 is 11.4 Å². The summed E-state index contributed by atoms with van der Waals surface area (Å²) in [6.45, 7) is 3.05. The molecule has 2 aliphatic rings. The Morgan fingerprint density at radius 2 is 1.83 bits per heavy atom. The molecular formula is C19H24BrNO3. The molecule has 5 heteroatoms. The average Bonchev–Trinajstić information content (AvgIpc) is 3.05. The molecule has 1 aromatic carbocycles. The van der Waals surface area contributed by atoms with E-state index in [4.69, 9.17) is 0 Å². The van der Waals surface area contributed by atoms with Crippen LogP contribution in [0.25, 0.3) is 0 Å². The summed E-state index contributed by atoms with van der Waals surface area (Å²) in [6, 6.07) is 8.12. The maximum Gasteiger partial charge on any atom is 0.306 e. The first kappa shape index (κ1) is 17.5. The highest BCUT2D eigenvalue weighted by atomic mass is 79.9. The number of aliphatic carboxylic acids is 1. The van der Waals surface area contributed by atoms with Gasteiger partial charge in [0.15, 0.2) is 0 Å². The van der Waals surface area contributed by atoms with Gasteiger partial charge < -0.3 is 10.0 Å². The molecular weight excluding hydrogens is 370 g/mol. The van der Waals surface area contributed by atoms with Crippen molar-refractivity contribution in [3.8, 4) is 0 Å². The number of rotatable bonds is 3. The second kappa shape index (κ2) is 6.87. The summed E-state index contributed by atoms with van der Waals surface area (Å²) in [7, 11) is 0. The van der Waals surface area contributed by atoms with Gasteiger partial charge in [-0.15, -0.1) is 0 Å². The van der Waals surface area contributed by atoms with E-state index in [0.29, 0.717) is 19.5 Å². The molecule has 1 heterocycles. The normalized spacial score (nSPS) is 26.3. The van der Waals surface area contributed by atoms with Crippen LogP contribution in [0.1, 0.15) is 44.6 Å². The highest BCUT2D eigenvalue weighted by molar-refractivity contribution is 9.10. The smallest absolute Gasteiger partial charge is 0.306 e. The number of piperidine rings is 1. The van der Waals surface area contributed by atoms with E-state index in [1.165, 1.54) is 0 Å². The van der Waals surface area contributed by atoms with Gasteiger partial charge in [0, 0.05) is 17.6 Å².